The lowest BCUT2D eigenvalue weighted by molar-refractivity contribution is -0.137. The lowest BCUT2D eigenvalue weighted by Gasteiger charge is -2.32. The number of amides is 1. The molecule has 0 bridgehead atoms. The number of benzene rings is 1. The van der Waals surface area contributed by atoms with Crippen LogP contribution in [0, 0.1) is 12.8 Å². The molecule has 0 aliphatic carbocycles. The second-order valence-corrected chi connectivity index (χ2v) is 6.76. The second kappa shape index (κ2) is 7.51. The van der Waals surface area contributed by atoms with Gasteiger partial charge in [-0.25, -0.2) is 4.98 Å². The molecular weight excluding hydrogens is 345 g/mol. The second-order valence-electron chi connectivity index (χ2n) is 6.76. The number of aryl methyl sites for hydroxylation is 2. The molecule has 0 radical (unpaired) electrons. The first-order chi connectivity index (χ1) is 12.3. The van der Waals surface area contributed by atoms with Crippen LogP contribution in [0.1, 0.15) is 46.6 Å². The Morgan fingerprint density at radius 3 is 2.88 bits per heavy atom. The number of carbonyl (C=O) groups excluding carboxylic acids is 1. The van der Waals surface area contributed by atoms with Crippen LogP contribution < -0.4 is 0 Å². The summed E-state index contributed by atoms with van der Waals surface area (Å²) in [6, 6.07) is 5.47. The molecule has 7 heteroatoms. The molecule has 1 aromatic carbocycles. The Bertz CT molecular complexity index is 770. The van der Waals surface area contributed by atoms with Crippen molar-refractivity contribution in [2.45, 2.75) is 38.8 Å². The van der Waals surface area contributed by atoms with Crippen molar-refractivity contribution in [3.8, 4) is 0 Å². The molecule has 0 saturated carbocycles. The van der Waals surface area contributed by atoms with E-state index in [2.05, 4.69) is 4.98 Å². The van der Waals surface area contributed by atoms with Crippen molar-refractivity contribution in [3.63, 3.8) is 0 Å². The zero-order valence-corrected chi connectivity index (χ0v) is 14.6. The first kappa shape index (κ1) is 18.5. The predicted molar refractivity (Wildman–Crippen MR) is 89.6 cm³/mol. The molecule has 0 N–H and O–H groups in total. The molecule has 0 spiro atoms. The number of carbonyl (C=O) groups is 1. The highest BCUT2D eigenvalue weighted by Gasteiger charge is 2.31. The maximum absolute atomic E-state index is 12.8. The number of hydrogen-bond donors (Lipinski definition) is 0. The zero-order chi connectivity index (χ0) is 18.7. The van der Waals surface area contributed by atoms with E-state index in [1.807, 2.05) is 0 Å². The number of hydrogen-bond acceptors (Lipinski definition) is 3. The summed E-state index contributed by atoms with van der Waals surface area (Å²) in [7, 11) is 0. The fraction of sp³-hybridized carbons (Fsp3) is 0.474. The third kappa shape index (κ3) is 4.26. The van der Waals surface area contributed by atoms with Gasteiger partial charge in [0.25, 0.3) is 5.91 Å². The van der Waals surface area contributed by atoms with Crippen molar-refractivity contribution >= 4 is 5.91 Å². The number of halogens is 3. The summed E-state index contributed by atoms with van der Waals surface area (Å²) in [6.45, 7) is 2.99. The van der Waals surface area contributed by atoms with Crippen LogP contribution in [0.4, 0.5) is 13.2 Å². The molecule has 2 heterocycles. The van der Waals surface area contributed by atoms with E-state index in [1.54, 1.807) is 17.9 Å². The standard InChI is InChI=1S/C19H21F3N2O2/c1-13-17(26-12-23-13)18(25)24-9-3-5-15(11-24)8-7-14-4-2-6-16(10-14)19(20,21)22/h2,4,6,10,12,15H,3,5,7-9,11H2,1H3. The average molecular weight is 366 g/mol. The summed E-state index contributed by atoms with van der Waals surface area (Å²) in [5.74, 6) is 0.373. The van der Waals surface area contributed by atoms with Gasteiger partial charge in [0.05, 0.1) is 11.3 Å². The van der Waals surface area contributed by atoms with Crippen LogP contribution >= 0.6 is 0 Å². The molecule has 1 saturated heterocycles. The van der Waals surface area contributed by atoms with Crippen LogP contribution in [0.5, 0.6) is 0 Å². The summed E-state index contributed by atoms with van der Waals surface area (Å²) in [4.78, 5) is 18.2. The largest absolute Gasteiger partial charge is 0.438 e. The summed E-state index contributed by atoms with van der Waals surface area (Å²) >= 11 is 0. The maximum Gasteiger partial charge on any atom is 0.416 e. The summed E-state index contributed by atoms with van der Waals surface area (Å²) in [6.07, 6.45) is 0.110. The highest BCUT2D eigenvalue weighted by atomic mass is 19.4. The van der Waals surface area contributed by atoms with Gasteiger partial charge >= 0.3 is 6.18 Å². The summed E-state index contributed by atoms with van der Waals surface area (Å²) in [5, 5.41) is 0. The van der Waals surface area contributed by atoms with Gasteiger partial charge in [0.15, 0.2) is 6.39 Å². The Hall–Kier alpha value is -2.31. The van der Waals surface area contributed by atoms with Crippen LogP contribution in [0.25, 0.3) is 0 Å². The number of alkyl halides is 3. The molecule has 1 aliphatic heterocycles. The van der Waals surface area contributed by atoms with Gasteiger partial charge in [0.2, 0.25) is 5.76 Å². The van der Waals surface area contributed by atoms with Gasteiger partial charge in [-0.05, 0) is 50.2 Å². The number of likely N-dealkylation sites (tertiary alicyclic amines) is 1. The van der Waals surface area contributed by atoms with E-state index in [0.29, 0.717) is 30.8 Å². The zero-order valence-electron chi connectivity index (χ0n) is 14.6. The van der Waals surface area contributed by atoms with Crippen molar-refractivity contribution in [1.82, 2.24) is 9.88 Å². The molecule has 1 aromatic heterocycles. The molecule has 2 aromatic rings. The van der Waals surface area contributed by atoms with Crippen LogP contribution in [0.15, 0.2) is 35.1 Å². The minimum absolute atomic E-state index is 0.163. The van der Waals surface area contributed by atoms with Crippen molar-refractivity contribution in [1.29, 1.82) is 0 Å². The summed E-state index contributed by atoms with van der Waals surface area (Å²) < 4.78 is 43.6. The number of oxazole rings is 1. The monoisotopic (exact) mass is 366 g/mol. The fourth-order valence-electron chi connectivity index (χ4n) is 3.41. The molecule has 1 atom stereocenters. The number of piperidine rings is 1. The number of nitrogens with zero attached hydrogens (tertiary/aromatic N) is 2. The Balaban J connectivity index is 1.59. The minimum atomic E-state index is -4.32. The normalized spacial score (nSPS) is 18.2. The SMILES string of the molecule is Cc1ncoc1C(=O)N1CCCC(CCc2cccc(C(F)(F)F)c2)C1. The van der Waals surface area contributed by atoms with Gasteiger partial charge in [-0.3, -0.25) is 4.79 Å². The van der Waals surface area contributed by atoms with Crippen molar-refractivity contribution in [2.24, 2.45) is 5.92 Å². The Labute approximate surface area is 150 Å². The van der Waals surface area contributed by atoms with E-state index in [-0.39, 0.29) is 17.6 Å². The van der Waals surface area contributed by atoms with E-state index in [9.17, 15) is 18.0 Å². The van der Waals surface area contributed by atoms with Crippen molar-refractivity contribution < 1.29 is 22.4 Å². The fourth-order valence-corrected chi connectivity index (χ4v) is 3.41. The van der Waals surface area contributed by atoms with E-state index < -0.39 is 11.7 Å². The van der Waals surface area contributed by atoms with Crippen LogP contribution in [0.2, 0.25) is 0 Å². The molecule has 1 amide bonds. The number of aromatic nitrogens is 1. The van der Waals surface area contributed by atoms with E-state index in [1.165, 1.54) is 18.5 Å². The highest BCUT2D eigenvalue weighted by molar-refractivity contribution is 5.92. The van der Waals surface area contributed by atoms with E-state index >= 15 is 0 Å². The van der Waals surface area contributed by atoms with Gasteiger partial charge < -0.3 is 9.32 Å². The molecular formula is C19H21F3N2O2. The number of rotatable bonds is 4. The summed E-state index contributed by atoms with van der Waals surface area (Å²) in [5.41, 5.74) is 0.631. The van der Waals surface area contributed by atoms with E-state index in [0.717, 1.165) is 25.3 Å². The average Bonchev–Trinajstić information content (AvgIpc) is 3.05. The first-order valence-electron chi connectivity index (χ1n) is 8.70. The van der Waals surface area contributed by atoms with E-state index in [4.69, 9.17) is 4.42 Å². The predicted octanol–water partition coefficient (Wildman–Crippen LogP) is 4.49. The van der Waals surface area contributed by atoms with Gasteiger partial charge in [0.1, 0.15) is 0 Å². The molecule has 26 heavy (non-hydrogen) atoms. The minimum Gasteiger partial charge on any atom is -0.438 e. The van der Waals surface area contributed by atoms with Crippen molar-refractivity contribution in [3.05, 3.63) is 53.2 Å². The van der Waals surface area contributed by atoms with Gasteiger partial charge in [-0.15, -0.1) is 0 Å². The Morgan fingerprint density at radius 1 is 1.38 bits per heavy atom. The van der Waals surface area contributed by atoms with Crippen LogP contribution in [-0.4, -0.2) is 28.9 Å². The molecule has 1 unspecified atom stereocenters. The van der Waals surface area contributed by atoms with Gasteiger partial charge in [-0.1, -0.05) is 18.2 Å². The molecule has 1 aliphatic rings. The Kier molecular flexibility index (Phi) is 5.34. The van der Waals surface area contributed by atoms with Gasteiger partial charge in [0, 0.05) is 13.1 Å². The maximum atomic E-state index is 12.8. The lowest BCUT2D eigenvalue weighted by atomic mass is 9.91. The molecule has 1 fully saturated rings. The molecule has 140 valence electrons. The third-order valence-corrected chi connectivity index (χ3v) is 4.84. The van der Waals surface area contributed by atoms with Crippen LogP contribution in [-0.2, 0) is 12.6 Å². The first-order valence-corrected chi connectivity index (χ1v) is 8.70. The quantitative estimate of drug-likeness (QED) is 0.801. The lowest BCUT2D eigenvalue weighted by Crippen LogP contribution is -2.40. The third-order valence-electron chi connectivity index (χ3n) is 4.84. The van der Waals surface area contributed by atoms with Crippen molar-refractivity contribution in [2.75, 3.05) is 13.1 Å². The smallest absolute Gasteiger partial charge is 0.416 e. The Morgan fingerprint density at radius 2 is 2.19 bits per heavy atom. The topological polar surface area (TPSA) is 46.3 Å². The molecule has 3 rings (SSSR count). The van der Waals surface area contributed by atoms with Gasteiger partial charge in [-0.2, -0.15) is 13.2 Å². The van der Waals surface area contributed by atoms with Crippen LogP contribution in [0.3, 0.4) is 0 Å². The highest BCUT2D eigenvalue weighted by Crippen LogP contribution is 2.30. The molecule has 4 nitrogen and oxygen atoms in total.